The molecule has 4 heteroatoms. The first kappa shape index (κ1) is 10.2. The molecule has 0 aliphatic heterocycles. The second kappa shape index (κ2) is 4.44. The average molecular weight is 215 g/mol. The highest BCUT2D eigenvalue weighted by atomic mass is 16.4. The average Bonchev–Trinajstić information content (AvgIpc) is 2.80. The SMILES string of the molecule is O=C(O)c1ccc(N=Cc2ccco2)cc1. The van der Waals surface area contributed by atoms with E-state index in [1.165, 1.54) is 12.1 Å². The molecule has 2 rings (SSSR count). The molecule has 0 aliphatic carbocycles. The van der Waals surface area contributed by atoms with E-state index in [-0.39, 0.29) is 5.56 Å². The molecule has 0 radical (unpaired) electrons. The molecule has 0 bridgehead atoms. The van der Waals surface area contributed by atoms with Crippen LogP contribution in [-0.2, 0) is 0 Å². The summed E-state index contributed by atoms with van der Waals surface area (Å²) in [4.78, 5) is 14.7. The lowest BCUT2D eigenvalue weighted by molar-refractivity contribution is 0.0697. The number of benzene rings is 1. The second-order valence-electron chi connectivity index (χ2n) is 3.13. The summed E-state index contributed by atoms with van der Waals surface area (Å²) in [6, 6.07) is 9.87. The summed E-state index contributed by atoms with van der Waals surface area (Å²) in [6.07, 6.45) is 3.14. The number of nitrogens with zero attached hydrogens (tertiary/aromatic N) is 1. The Morgan fingerprint density at radius 1 is 1.25 bits per heavy atom. The van der Waals surface area contributed by atoms with Gasteiger partial charge in [-0.15, -0.1) is 0 Å². The third-order valence-electron chi connectivity index (χ3n) is 2.00. The zero-order valence-corrected chi connectivity index (χ0v) is 8.33. The standard InChI is InChI=1S/C12H9NO3/c14-12(15)9-3-5-10(6-4-9)13-8-11-2-1-7-16-11/h1-8H,(H,14,15). The second-order valence-corrected chi connectivity index (χ2v) is 3.13. The molecule has 16 heavy (non-hydrogen) atoms. The van der Waals surface area contributed by atoms with Crippen molar-refractivity contribution in [2.75, 3.05) is 0 Å². The van der Waals surface area contributed by atoms with Gasteiger partial charge in [-0.25, -0.2) is 4.79 Å². The van der Waals surface area contributed by atoms with Crippen LogP contribution in [0.25, 0.3) is 0 Å². The summed E-state index contributed by atoms with van der Waals surface area (Å²) >= 11 is 0. The van der Waals surface area contributed by atoms with E-state index >= 15 is 0 Å². The van der Waals surface area contributed by atoms with Gasteiger partial charge in [-0.2, -0.15) is 0 Å². The Morgan fingerprint density at radius 2 is 2.00 bits per heavy atom. The van der Waals surface area contributed by atoms with Gasteiger partial charge in [-0.05, 0) is 36.4 Å². The Balaban J connectivity index is 2.14. The molecule has 0 aliphatic rings. The first-order valence-electron chi connectivity index (χ1n) is 4.66. The summed E-state index contributed by atoms with van der Waals surface area (Å²) in [5.41, 5.74) is 0.929. The number of aromatic carboxylic acids is 1. The number of carbonyl (C=O) groups is 1. The molecular weight excluding hydrogens is 206 g/mol. The fraction of sp³-hybridized carbons (Fsp3) is 0. The predicted octanol–water partition coefficient (Wildman–Crippen LogP) is 2.73. The summed E-state index contributed by atoms with van der Waals surface area (Å²) in [6.45, 7) is 0. The van der Waals surface area contributed by atoms with Gasteiger partial charge in [-0.3, -0.25) is 4.99 Å². The topological polar surface area (TPSA) is 62.8 Å². The van der Waals surface area contributed by atoms with Crippen molar-refractivity contribution in [1.29, 1.82) is 0 Å². The van der Waals surface area contributed by atoms with Crippen molar-refractivity contribution in [1.82, 2.24) is 0 Å². The van der Waals surface area contributed by atoms with Crippen LogP contribution in [0.3, 0.4) is 0 Å². The zero-order valence-electron chi connectivity index (χ0n) is 8.33. The third kappa shape index (κ3) is 2.36. The fourth-order valence-corrected chi connectivity index (χ4v) is 1.19. The van der Waals surface area contributed by atoms with Crippen molar-refractivity contribution < 1.29 is 14.3 Å². The Hall–Kier alpha value is -2.36. The molecule has 2 aromatic rings. The lowest BCUT2D eigenvalue weighted by atomic mass is 10.2. The summed E-state index contributed by atoms with van der Waals surface area (Å²) in [7, 11) is 0. The molecule has 1 aromatic carbocycles. The van der Waals surface area contributed by atoms with Crippen LogP contribution in [0.5, 0.6) is 0 Å². The van der Waals surface area contributed by atoms with E-state index in [4.69, 9.17) is 9.52 Å². The maximum atomic E-state index is 10.6. The normalized spacial score (nSPS) is 10.8. The van der Waals surface area contributed by atoms with E-state index in [2.05, 4.69) is 4.99 Å². The molecule has 1 N–H and O–H groups in total. The van der Waals surface area contributed by atoms with Gasteiger partial charge in [-0.1, -0.05) is 0 Å². The minimum absolute atomic E-state index is 0.247. The highest BCUT2D eigenvalue weighted by Crippen LogP contribution is 2.13. The van der Waals surface area contributed by atoms with E-state index in [9.17, 15) is 4.79 Å². The van der Waals surface area contributed by atoms with Gasteiger partial charge in [0.2, 0.25) is 0 Å². The maximum Gasteiger partial charge on any atom is 0.335 e. The van der Waals surface area contributed by atoms with Crippen LogP contribution < -0.4 is 0 Å². The van der Waals surface area contributed by atoms with Gasteiger partial charge in [0.05, 0.1) is 23.7 Å². The third-order valence-corrected chi connectivity index (χ3v) is 2.00. The molecule has 1 aromatic heterocycles. The molecule has 4 nitrogen and oxygen atoms in total. The summed E-state index contributed by atoms with van der Waals surface area (Å²) in [5, 5.41) is 8.70. The first-order valence-corrected chi connectivity index (χ1v) is 4.66. The lowest BCUT2D eigenvalue weighted by Gasteiger charge is -1.94. The Bertz CT molecular complexity index is 498. The quantitative estimate of drug-likeness (QED) is 0.800. The molecule has 80 valence electrons. The largest absolute Gasteiger partial charge is 0.478 e. The van der Waals surface area contributed by atoms with Gasteiger partial charge >= 0.3 is 5.97 Å². The first-order chi connectivity index (χ1) is 7.75. The number of hydrogen-bond acceptors (Lipinski definition) is 3. The molecule has 0 amide bonds. The Kier molecular flexibility index (Phi) is 2.82. The molecule has 0 atom stereocenters. The van der Waals surface area contributed by atoms with E-state index in [1.54, 1.807) is 36.7 Å². The Morgan fingerprint density at radius 3 is 2.56 bits per heavy atom. The van der Waals surface area contributed by atoms with Crippen LogP contribution in [0, 0.1) is 0 Å². The van der Waals surface area contributed by atoms with Crippen molar-refractivity contribution in [2.45, 2.75) is 0 Å². The molecule has 0 spiro atoms. The monoisotopic (exact) mass is 215 g/mol. The van der Waals surface area contributed by atoms with E-state index in [0.29, 0.717) is 11.4 Å². The van der Waals surface area contributed by atoms with Gasteiger partial charge in [0.15, 0.2) is 0 Å². The molecule has 0 saturated heterocycles. The number of carboxylic acid groups (broad SMARTS) is 1. The van der Waals surface area contributed by atoms with Gasteiger partial charge in [0.1, 0.15) is 5.76 Å². The van der Waals surface area contributed by atoms with Gasteiger partial charge in [0, 0.05) is 0 Å². The van der Waals surface area contributed by atoms with Crippen LogP contribution in [0.15, 0.2) is 52.1 Å². The summed E-state index contributed by atoms with van der Waals surface area (Å²) < 4.78 is 5.07. The Labute approximate surface area is 91.9 Å². The molecular formula is C12H9NO3. The van der Waals surface area contributed by atoms with Crippen molar-refractivity contribution in [3.63, 3.8) is 0 Å². The number of furan rings is 1. The minimum Gasteiger partial charge on any atom is -0.478 e. The van der Waals surface area contributed by atoms with E-state index < -0.39 is 5.97 Å². The van der Waals surface area contributed by atoms with Crippen LogP contribution >= 0.6 is 0 Å². The predicted molar refractivity (Wildman–Crippen MR) is 59.4 cm³/mol. The van der Waals surface area contributed by atoms with Crippen LogP contribution in [0.2, 0.25) is 0 Å². The van der Waals surface area contributed by atoms with Crippen molar-refractivity contribution in [3.8, 4) is 0 Å². The fourth-order valence-electron chi connectivity index (χ4n) is 1.19. The number of hydrogen-bond donors (Lipinski definition) is 1. The number of aliphatic imine (C=N–C) groups is 1. The van der Waals surface area contributed by atoms with E-state index in [0.717, 1.165) is 0 Å². The molecule has 1 heterocycles. The van der Waals surface area contributed by atoms with Crippen LogP contribution in [0.1, 0.15) is 16.1 Å². The summed E-state index contributed by atoms with van der Waals surface area (Å²) in [5.74, 6) is -0.288. The molecule has 0 saturated carbocycles. The number of rotatable bonds is 3. The zero-order chi connectivity index (χ0) is 11.4. The van der Waals surface area contributed by atoms with E-state index in [1.807, 2.05) is 0 Å². The smallest absolute Gasteiger partial charge is 0.335 e. The minimum atomic E-state index is -0.943. The maximum absolute atomic E-state index is 10.6. The lowest BCUT2D eigenvalue weighted by Crippen LogP contribution is -1.94. The van der Waals surface area contributed by atoms with Crippen molar-refractivity contribution >= 4 is 17.9 Å². The van der Waals surface area contributed by atoms with Crippen molar-refractivity contribution in [2.24, 2.45) is 4.99 Å². The highest BCUT2D eigenvalue weighted by molar-refractivity contribution is 5.88. The van der Waals surface area contributed by atoms with Gasteiger partial charge in [0.25, 0.3) is 0 Å². The highest BCUT2D eigenvalue weighted by Gasteiger charge is 2.00. The van der Waals surface area contributed by atoms with Crippen LogP contribution in [-0.4, -0.2) is 17.3 Å². The molecule has 0 unspecified atom stereocenters. The molecule has 0 fully saturated rings. The van der Waals surface area contributed by atoms with Crippen molar-refractivity contribution in [3.05, 3.63) is 54.0 Å². The number of carboxylic acids is 1. The van der Waals surface area contributed by atoms with Gasteiger partial charge < -0.3 is 9.52 Å². The van der Waals surface area contributed by atoms with Crippen LogP contribution in [0.4, 0.5) is 5.69 Å².